The highest BCUT2D eigenvalue weighted by Crippen LogP contribution is 1.99. The Kier molecular flexibility index (Phi) is 13.1. The van der Waals surface area contributed by atoms with Gasteiger partial charge in [-0.2, -0.15) is 0 Å². The van der Waals surface area contributed by atoms with Crippen LogP contribution in [-0.2, 0) is 14.3 Å². The first kappa shape index (κ1) is 20.5. The number of rotatable bonds is 10. The van der Waals surface area contributed by atoms with Crippen molar-refractivity contribution in [3.8, 4) is 0 Å². The van der Waals surface area contributed by atoms with Crippen molar-refractivity contribution in [1.29, 1.82) is 0 Å². The van der Waals surface area contributed by atoms with Crippen LogP contribution in [0.5, 0.6) is 0 Å². The van der Waals surface area contributed by atoms with Crippen molar-refractivity contribution in [2.45, 2.75) is 45.2 Å². The van der Waals surface area contributed by atoms with Crippen LogP contribution in [0, 0.1) is 0 Å². The van der Waals surface area contributed by atoms with Crippen molar-refractivity contribution in [2.75, 3.05) is 20.3 Å². The standard InChI is InChI=1S/C12H24N2O4.ClH/c1-4-6-10(12(16)17)14-9(2)11(15)13-7-5-8-18-3;/h9-10,14H,4-8H2,1-3H3,(H,13,15)(H,16,17);1H. The van der Waals surface area contributed by atoms with Gasteiger partial charge in [0.1, 0.15) is 6.04 Å². The van der Waals surface area contributed by atoms with E-state index in [-0.39, 0.29) is 18.3 Å². The lowest BCUT2D eigenvalue weighted by Gasteiger charge is -2.19. The number of amides is 1. The number of nitrogens with one attached hydrogen (secondary N) is 2. The number of carboxylic acids is 1. The highest BCUT2D eigenvalue weighted by Gasteiger charge is 2.21. The molecule has 0 fully saturated rings. The van der Waals surface area contributed by atoms with E-state index < -0.39 is 18.1 Å². The molecule has 0 saturated heterocycles. The Morgan fingerprint density at radius 3 is 2.47 bits per heavy atom. The topological polar surface area (TPSA) is 87.7 Å². The molecule has 0 bridgehead atoms. The van der Waals surface area contributed by atoms with Gasteiger partial charge in [0, 0.05) is 20.3 Å². The molecular formula is C12H25ClN2O4. The summed E-state index contributed by atoms with van der Waals surface area (Å²) in [5, 5.41) is 14.5. The molecule has 3 N–H and O–H groups in total. The van der Waals surface area contributed by atoms with Crippen LogP contribution in [0.15, 0.2) is 0 Å². The molecule has 0 spiro atoms. The SMILES string of the molecule is CCCC(NC(C)C(=O)NCCCOC)C(=O)O.Cl. The monoisotopic (exact) mass is 296 g/mol. The highest BCUT2D eigenvalue weighted by atomic mass is 35.5. The zero-order valence-corrected chi connectivity index (χ0v) is 12.6. The molecule has 0 aromatic carbocycles. The molecule has 0 aliphatic heterocycles. The second-order valence-electron chi connectivity index (χ2n) is 4.21. The lowest BCUT2D eigenvalue weighted by Crippen LogP contribution is -2.49. The molecule has 7 heteroatoms. The van der Waals surface area contributed by atoms with Crippen LogP contribution >= 0.6 is 12.4 Å². The minimum Gasteiger partial charge on any atom is -0.480 e. The number of aliphatic carboxylic acids is 1. The summed E-state index contributed by atoms with van der Waals surface area (Å²) in [5.41, 5.74) is 0. The molecule has 0 aromatic rings. The lowest BCUT2D eigenvalue weighted by molar-refractivity contribution is -0.140. The van der Waals surface area contributed by atoms with Crippen LogP contribution in [-0.4, -0.2) is 49.3 Å². The van der Waals surface area contributed by atoms with E-state index in [1.165, 1.54) is 0 Å². The quantitative estimate of drug-likeness (QED) is 0.519. The molecule has 0 radical (unpaired) electrons. The van der Waals surface area contributed by atoms with Gasteiger partial charge in [0.15, 0.2) is 0 Å². The molecule has 0 heterocycles. The number of hydrogen-bond donors (Lipinski definition) is 3. The van der Waals surface area contributed by atoms with E-state index in [2.05, 4.69) is 10.6 Å². The Labute approximate surface area is 120 Å². The normalized spacial score (nSPS) is 13.2. The summed E-state index contributed by atoms with van der Waals surface area (Å²) >= 11 is 0. The fraction of sp³-hybridized carbons (Fsp3) is 0.833. The molecule has 2 unspecified atom stereocenters. The molecule has 0 rings (SSSR count). The maximum atomic E-state index is 11.7. The second-order valence-corrected chi connectivity index (χ2v) is 4.21. The summed E-state index contributed by atoms with van der Waals surface area (Å²) in [4.78, 5) is 22.6. The number of carbonyl (C=O) groups excluding carboxylic acids is 1. The predicted octanol–water partition coefficient (Wildman–Crippen LogP) is 0.792. The van der Waals surface area contributed by atoms with Crippen LogP contribution in [0.4, 0.5) is 0 Å². The van der Waals surface area contributed by atoms with Gasteiger partial charge in [-0.15, -0.1) is 12.4 Å². The smallest absolute Gasteiger partial charge is 0.320 e. The van der Waals surface area contributed by atoms with Crippen molar-refractivity contribution in [1.82, 2.24) is 10.6 Å². The Bertz CT molecular complexity index is 264. The van der Waals surface area contributed by atoms with Crippen LogP contribution in [0.3, 0.4) is 0 Å². The molecule has 6 nitrogen and oxygen atoms in total. The van der Waals surface area contributed by atoms with Crippen molar-refractivity contribution in [3.63, 3.8) is 0 Å². The molecule has 0 aromatic heterocycles. The Morgan fingerprint density at radius 1 is 1.37 bits per heavy atom. The van der Waals surface area contributed by atoms with E-state index in [4.69, 9.17) is 9.84 Å². The van der Waals surface area contributed by atoms with Crippen LogP contribution in [0.2, 0.25) is 0 Å². The second kappa shape index (κ2) is 12.2. The maximum Gasteiger partial charge on any atom is 0.320 e. The predicted molar refractivity (Wildman–Crippen MR) is 75.7 cm³/mol. The number of ether oxygens (including phenoxy) is 1. The summed E-state index contributed by atoms with van der Waals surface area (Å²) in [5.74, 6) is -1.11. The summed E-state index contributed by atoms with van der Waals surface area (Å²) < 4.78 is 4.87. The zero-order valence-electron chi connectivity index (χ0n) is 11.8. The van der Waals surface area contributed by atoms with Crippen molar-refractivity contribution in [3.05, 3.63) is 0 Å². The average Bonchev–Trinajstić information content (AvgIpc) is 2.33. The number of hydrogen-bond acceptors (Lipinski definition) is 4. The van der Waals surface area contributed by atoms with Gasteiger partial charge >= 0.3 is 5.97 Å². The maximum absolute atomic E-state index is 11.7. The third-order valence-corrected chi connectivity index (χ3v) is 2.54. The van der Waals surface area contributed by atoms with Gasteiger partial charge < -0.3 is 15.2 Å². The fourth-order valence-corrected chi connectivity index (χ4v) is 1.53. The van der Waals surface area contributed by atoms with Crippen molar-refractivity contribution < 1.29 is 19.4 Å². The first-order valence-electron chi connectivity index (χ1n) is 6.28. The van der Waals surface area contributed by atoms with Gasteiger partial charge in [0.05, 0.1) is 6.04 Å². The van der Waals surface area contributed by atoms with E-state index in [1.807, 2.05) is 6.92 Å². The van der Waals surface area contributed by atoms with E-state index in [0.717, 1.165) is 12.8 Å². The van der Waals surface area contributed by atoms with Gasteiger partial charge in [0.2, 0.25) is 5.91 Å². The van der Waals surface area contributed by atoms with Gasteiger partial charge in [-0.05, 0) is 19.8 Å². The van der Waals surface area contributed by atoms with Crippen molar-refractivity contribution >= 4 is 24.3 Å². The Balaban J connectivity index is 0. The Morgan fingerprint density at radius 2 is 2.00 bits per heavy atom. The number of carboxylic acid groups (broad SMARTS) is 1. The molecule has 0 saturated carbocycles. The van der Waals surface area contributed by atoms with Crippen LogP contribution < -0.4 is 10.6 Å². The van der Waals surface area contributed by atoms with E-state index in [1.54, 1.807) is 14.0 Å². The highest BCUT2D eigenvalue weighted by molar-refractivity contribution is 5.85. The third kappa shape index (κ3) is 9.69. The molecule has 0 aliphatic carbocycles. The molecule has 2 atom stereocenters. The van der Waals surface area contributed by atoms with Gasteiger partial charge in [-0.3, -0.25) is 14.9 Å². The number of methoxy groups -OCH3 is 1. The minimum absolute atomic E-state index is 0. The summed E-state index contributed by atoms with van der Waals surface area (Å²) in [7, 11) is 1.61. The van der Waals surface area contributed by atoms with E-state index >= 15 is 0 Å². The first-order valence-corrected chi connectivity index (χ1v) is 6.28. The third-order valence-electron chi connectivity index (χ3n) is 2.54. The zero-order chi connectivity index (χ0) is 14.0. The molecule has 1 amide bonds. The van der Waals surface area contributed by atoms with Crippen LogP contribution in [0.25, 0.3) is 0 Å². The number of carbonyl (C=O) groups is 2. The summed E-state index contributed by atoms with van der Waals surface area (Å²) in [6.07, 6.45) is 2.01. The largest absolute Gasteiger partial charge is 0.480 e. The minimum atomic E-state index is -0.920. The average molecular weight is 297 g/mol. The lowest BCUT2D eigenvalue weighted by atomic mass is 10.1. The van der Waals surface area contributed by atoms with E-state index in [0.29, 0.717) is 19.6 Å². The summed E-state index contributed by atoms with van der Waals surface area (Å²) in [6, 6.07) is -1.19. The molecule has 0 aliphatic rings. The molecular weight excluding hydrogens is 272 g/mol. The Hall–Kier alpha value is -0.850. The molecule has 114 valence electrons. The van der Waals surface area contributed by atoms with Crippen LogP contribution in [0.1, 0.15) is 33.1 Å². The van der Waals surface area contributed by atoms with E-state index in [9.17, 15) is 9.59 Å². The van der Waals surface area contributed by atoms with Crippen molar-refractivity contribution in [2.24, 2.45) is 0 Å². The first-order chi connectivity index (χ1) is 8.52. The van der Waals surface area contributed by atoms with Gasteiger partial charge in [-0.1, -0.05) is 13.3 Å². The summed E-state index contributed by atoms with van der Waals surface area (Å²) in [6.45, 7) is 4.70. The number of halogens is 1. The molecule has 19 heavy (non-hydrogen) atoms. The fourth-order valence-electron chi connectivity index (χ4n) is 1.53. The van der Waals surface area contributed by atoms with Gasteiger partial charge in [-0.25, -0.2) is 0 Å². The van der Waals surface area contributed by atoms with Gasteiger partial charge in [0.25, 0.3) is 0 Å².